The third-order valence-corrected chi connectivity index (χ3v) is 4.58. The average molecular weight is 250 g/mol. The van der Waals surface area contributed by atoms with Gasteiger partial charge in [0.25, 0.3) is 0 Å². The van der Waals surface area contributed by atoms with Crippen LogP contribution in [0, 0.1) is 5.41 Å². The van der Waals surface area contributed by atoms with Crippen LogP contribution in [-0.2, 0) is 0 Å². The van der Waals surface area contributed by atoms with Crippen LogP contribution in [0.15, 0.2) is 4.42 Å². The Balaban J connectivity index is 1.64. The lowest BCUT2D eigenvalue weighted by Gasteiger charge is -2.38. The number of hydrogen-bond acceptors (Lipinski definition) is 5. The molecule has 0 amide bonds. The largest absolute Gasteiger partial charge is 0.406 e. The molecule has 18 heavy (non-hydrogen) atoms. The zero-order valence-corrected chi connectivity index (χ0v) is 11.1. The fourth-order valence-electron chi connectivity index (χ4n) is 3.34. The summed E-state index contributed by atoms with van der Waals surface area (Å²) < 4.78 is 5.61. The molecule has 1 unspecified atom stereocenters. The molecule has 3 rings (SSSR count). The van der Waals surface area contributed by atoms with Crippen molar-refractivity contribution in [2.24, 2.45) is 11.1 Å². The molecule has 2 fully saturated rings. The van der Waals surface area contributed by atoms with Crippen molar-refractivity contribution < 1.29 is 4.42 Å². The molecule has 1 aliphatic carbocycles. The van der Waals surface area contributed by atoms with E-state index in [0.717, 1.165) is 13.1 Å². The van der Waals surface area contributed by atoms with Gasteiger partial charge in [-0.15, -0.1) is 5.10 Å². The Kier molecular flexibility index (Phi) is 3.01. The summed E-state index contributed by atoms with van der Waals surface area (Å²) in [5.74, 6) is 0.533. The highest BCUT2D eigenvalue weighted by Gasteiger charge is 2.37. The molecule has 5 nitrogen and oxygen atoms in total. The first-order chi connectivity index (χ1) is 8.69. The average Bonchev–Trinajstić information content (AvgIpc) is 3.00. The van der Waals surface area contributed by atoms with Gasteiger partial charge in [0, 0.05) is 13.1 Å². The summed E-state index contributed by atoms with van der Waals surface area (Å²) in [5, 5.41) is 8.10. The van der Waals surface area contributed by atoms with Gasteiger partial charge in [0.05, 0.1) is 6.04 Å². The monoisotopic (exact) mass is 250 g/mol. The lowest BCUT2D eigenvalue weighted by Crippen LogP contribution is -2.39. The number of hydrogen-bond donors (Lipinski definition) is 1. The Morgan fingerprint density at radius 3 is 2.39 bits per heavy atom. The van der Waals surface area contributed by atoms with Crippen molar-refractivity contribution in [1.82, 2.24) is 10.2 Å². The van der Waals surface area contributed by atoms with Crippen molar-refractivity contribution in [3.63, 3.8) is 0 Å². The second-order valence-electron chi connectivity index (χ2n) is 5.91. The van der Waals surface area contributed by atoms with E-state index < -0.39 is 0 Å². The third-order valence-electron chi connectivity index (χ3n) is 4.58. The second kappa shape index (κ2) is 4.53. The lowest BCUT2D eigenvalue weighted by atomic mass is 9.77. The Labute approximate surface area is 108 Å². The summed E-state index contributed by atoms with van der Waals surface area (Å²) in [7, 11) is 0. The highest BCUT2D eigenvalue weighted by Crippen LogP contribution is 2.46. The van der Waals surface area contributed by atoms with Crippen molar-refractivity contribution in [2.75, 3.05) is 18.0 Å². The van der Waals surface area contributed by atoms with Crippen LogP contribution in [0.4, 0.5) is 6.01 Å². The first-order valence-corrected chi connectivity index (χ1v) is 7.03. The summed E-state index contributed by atoms with van der Waals surface area (Å²) in [6, 6.07) is 0.465. The molecule has 0 bridgehead atoms. The van der Waals surface area contributed by atoms with Crippen LogP contribution in [0.5, 0.6) is 0 Å². The van der Waals surface area contributed by atoms with Crippen molar-refractivity contribution in [3.05, 3.63) is 5.89 Å². The molecule has 100 valence electrons. The maximum absolute atomic E-state index is 5.74. The van der Waals surface area contributed by atoms with Gasteiger partial charge in [0.2, 0.25) is 5.89 Å². The fourth-order valence-corrected chi connectivity index (χ4v) is 3.34. The third kappa shape index (κ3) is 2.11. The normalized spacial score (nSPS) is 24.7. The van der Waals surface area contributed by atoms with E-state index in [1.54, 1.807) is 0 Å². The van der Waals surface area contributed by atoms with E-state index in [1.165, 1.54) is 38.5 Å². The standard InChI is InChI=1S/C13H22N4O/c1-10(14)11-15-16-12(18-11)17-8-6-13(7-9-17)4-2-3-5-13/h10H,2-9,14H2,1H3. The Bertz CT molecular complexity index is 399. The number of nitrogens with zero attached hydrogens (tertiary/aromatic N) is 3. The first kappa shape index (κ1) is 12.0. The van der Waals surface area contributed by atoms with E-state index in [9.17, 15) is 0 Å². The van der Waals surface area contributed by atoms with Gasteiger partial charge in [-0.2, -0.15) is 0 Å². The van der Waals surface area contributed by atoms with Crippen LogP contribution in [0.1, 0.15) is 57.4 Å². The van der Waals surface area contributed by atoms with Crippen molar-refractivity contribution in [1.29, 1.82) is 0 Å². The van der Waals surface area contributed by atoms with Crippen LogP contribution in [0.2, 0.25) is 0 Å². The molecule has 1 atom stereocenters. The zero-order chi connectivity index (χ0) is 12.6. The minimum atomic E-state index is -0.183. The maximum atomic E-state index is 5.74. The van der Waals surface area contributed by atoms with Crippen LogP contribution >= 0.6 is 0 Å². The van der Waals surface area contributed by atoms with Crippen molar-refractivity contribution in [3.8, 4) is 0 Å². The summed E-state index contributed by atoms with van der Waals surface area (Å²) in [4.78, 5) is 2.21. The molecule has 5 heteroatoms. The Morgan fingerprint density at radius 1 is 1.17 bits per heavy atom. The van der Waals surface area contributed by atoms with E-state index in [1.807, 2.05) is 6.92 Å². The molecule has 1 aromatic heterocycles. The molecule has 1 aliphatic heterocycles. The molecule has 2 heterocycles. The predicted molar refractivity (Wildman–Crippen MR) is 69.2 cm³/mol. The summed E-state index contributed by atoms with van der Waals surface area (Å²) in [6.07, 6.45) is 8.18. The van der Waals surface area contributed by atoms with Crippen molar-refractivity contribution >= 4 is 6.01 Å². The molecule has 0 radical (unpaired) electrons. The quantitative estimate of drug-likeness (QED) is 0.872. The highest BCUT2D eigenvalue weighted by molar-refractivity contribution is 5.25. The topological polar surface area (TPSA) is 68.2 Å². The number of piperidine rings is 1. The van der Waals surface area contributed by atoms with Crippen LogP contribution in [0.3, 0.4) is 0 Å². The lowest BCUT2D eigenvalue weighted by molar-refractivity contribution is 0.222. The zero-order valence-electron chi connectivity index (χ0n) is 11.1. The van der Waals surface area contributed by atoms with Gasteiger partial charge in [0.1, 0.15) is 0 Å². The number of aromatic nitrogens is 2. The smallest absolute Gasteiger partial charge is 0.318 e. The summed E-state index contributed by atoms with van der Waals surface area (Å²) in [5.41, 5.74) is 6.36. The molecular weight excluding hydrogens is 228 g/mol. The van der Waals surface area contributed by atoms with Gasteiger partial charge in [-0.25, -0.2) is 0 Å². The van der Waals surface area contributed by atoms with Gasteiger partial charge < -0.3 is 15.1 Å². The van der Waals surface area contributed by atoms with Gasteiger partial charge in [-0.3, -0.25) is 0 Å². The molecule has 2 N–H and O–H groups in total. The molecule has 1 saturated carbocycles. The molecule has 1 aromatic rings. The molecule has 1 saturated heterocycles. The minimum Gasteiger partial charge on any atom is -0.406 e. The predicted octanol–water partition coefficient (Wildman–Crippen LogP) is 2.25. The van der Waals surface area contributed by atoms with E-state index in [0.29, 0.717) is 17.3 Å². The molecule has 2 aliphatic rings. The Hall–Kier alpha value is -1.10. The number of anilines is 1. The van der Waals surface area contributed by atoms with Gasteiger partial charge in [-0.1, -0.05) is 17.9 Å². The molecule has 0 aromatic carbocycles. The summed E-state index contributed by atoms with van der Waals surface area (Å²) in [6.45, 7) is 3.95. The van der Waals surface area contributed by atoms with Gasteiger partial charge in [0.15, 0.2) is 0 Å². The van der Waals surface area contributed by atoms with Crippen LogP contribution in [-0.4, -0.2) is 23.3 Å². The van der Waals surface area contributed by atoms with E-state index in [2.05, 4.69) is 15.1 Å². The van der Waals surface area contributed by atoms with Crippen molar-refractivity contribution in [2.45, 2.75) is 51.5 Å². The SMILES string of the molecule is CC(N)c1nnc(N2CCC3(CCCC3)CC2)o1. The number of nitrogens with two attached hydrogens (primary N) is 1. The van der Waals surface area contributed by atoms with E-state index in [-0.39, 0.29) is 6.04 Å². The minimum absolute atomic E-state index is 0.183. The van der Waals surface area contributed by atoms with Crippen LogP contribution < -0.4 is 10.6 Å². The van der Waals surface area contributed by atoms with Gasteiger partial charge >= 0.3 is 6.01 Å². The first-order valence-electron chi connectivity index (χ1n) is 7.03. The highest BCUT2D eigenvalue weighted by atomic mass is 16.4. The number of rotatable bonds is 2. The maximum Gasteiger partial charge on any atom is 0.318 e. The fraction of sp³-hybridized carbons (Fsp3) is 0.846. The van der Waals surface area contributed by atoms with Crippen LogP contribution in [0.25, 0.3) is 0 Å². The van der Waals surface area contributed by atoms with Gasteiger partial charge in [-0.05, 0) is 38.0 Å². The molecular formula is C13H22N4O. The van der Waals surface area contributed by atoms with E-state index >= 15 is 0 Å². The van der Waals surface area contributed by atoms with E-state index in [4.69, 9.17) is 10.2 Å². The molecule has 1 spiro atoms. The summed E-state index contributed by atoms with van der Waals surface area (Å²) >= 11 is 0. The second-order valence-corrected chi connectivity index (χ2v) is 5.91. The Morgan fingerprint density at radius 2 is 1.83 bits per heavy atom.